The number of aromatic nitrogens is 1. The van der Waals surface area contributed by atoms with E-state index in [1.165, 1.54) is 0 Å². The molecule has 0 amide bonds. The van der Waals surface area contributed by atoms with Crippen LogP contribution >= 0.6 is 15.9 Å². The van der Waals surface area contributed by atoms with E-state index >= 15 is 0 Å². The zero-order chi connectivity index (χ0) is 12.3. The monoisotopic (exact) mass is 299 g/mol. The van der Waals surface area contributed by atoms with Gasteiger partial charge in [0.1, 0.15) is 0 Å². The fourth-order valence-corrected chi connectivity index (χ4v) is 1.76. The van der Waals surface area contributed by atoms with Gasteiger partial charge in [0.05, 0.1) is 5.56 Å². The van der Waals surface area contributed by atoms with Gasteiger partial charge in [-0.15, -0.1) is 0 Å². The van der Waals surface area contributed by atoms with Crippen LogP contribution in [-0.2, 0) is 12.7 Å². The lowest BCUT2D eigenvalue weighted by atomic mass is 10.2. The smallest absolute Gasteiger partial charge is 0.396 e. The molecule has 0 aliphatic heterocycles. The number of alkyl halides is 3. The number of nitrogens with zero attached hydrogens (tertiary/aromatic N) is 1. The summed E-state index contributed by atoms with van der Waals surface area (Å²) in [6.45, 7) is 0.0666. The van der Waals surface area contributed by atoms with Crippen molar-refractivity contribution in [2.45, 2.75) is 19.1 Å². The van der Waals surface area contributed by atoms with E-state index in [2.05, 4.69) is 15.9 Å². The van der Waals surface area contributed by atoms with Gasteiger partial charge in [-0.1, -0.05) is 0 Å². The number of aliphatic hydroxyl groups excluding tert-OH is 1. The minimum atomic E-state index is -4.55. The molecule has 0 aliphatic carbocycles. The van der Waals surface area contributed by atoms with Gasteiger partial charge in [-0.05, 0) is 22.4 Å². The van der Waals surface area contributed by atoms with E-state index in [1.807, 2.05) is 0 Å². The van der Waals surface area contributed by atoms with Crippen molar-refractivity contribution in [2.75, 3.05) is 6.61 Å². The number of halogens is 4. The summed E-state index contributed by atoms with van der Waals surface area (Å²) in [5.41, 5.74) is -1.72. The molecule has 0 atom stereocenters. The number of aryl methyl sites for hydroxylation is 1. The molecule has 0 saturated carbocycles. The number of hydrogen-bond acceptors (Lipinski definition) is 2. The van der Waals surface area contributed by atoms with E-state index in [0.29, 0.717) is 12.5 Å². The molecule has 1 heterocycles. The molecule has 1 aromatic heterocycles. The lowest BCUT2D eigenvalue weighted by molar-refractivity contribution is -0.138. The van der Waals surface area contributed by atoms with Gasteiger partial charge in [0.25, 0.3) is 5.56 Å². The maximum atomic E-state index is 12.4. The molecule has 1 N–H and O–H groups in total. The Bertz CT molecular complexity index is 428. The van der Waals surface area contributed by atoms with Crippen LogP contribution < -0.4 is 5.56 Å². The van der Waals surface area contributed by atoms with Crippen molar-refractivity contribution in [1.82, 2.24) is 4.57 Å². The van der Waals surface area contributed by atoms with Crippen LogP contribution in [0.2, 0.25) is 0 Å². The number of pyridine rings is 1. The molecule has 90 valence electrons. The van der Waals surface area contributed by atoms with E-state index in [4.69, 9.17) is 5.11 Å². The average molecular weight is 300 g/mol. The molecule has 0 saturated heterocycles. The maximum absolute atomic E-state index is 12.4. The molecule has 16 heavy (non-hydrogen) atoms. The summed E-state index contributed by atoms with van der Waals surface area (Å²) >= 11 is 2.77. The maximum Gasteiger partial charge on any atom is 0.417 e. The topological polar surface area (TPSA) is 42.2 Å². The summed E-state index contributed by atoms with van der Waals surface area (Å²) < 4.78 is 38.1. The second-order valence-electron chi connectivity index (χ2n) is 3.14. The molecule has 0 aliphatic rings. The summed E-state index contributed by atoms with van der Waals surface area (Å²) in [6.07, 6.45) is -3.15. The third-order valence-electron chi connectivity index (χ3n) is 1.94. The number of aliphatic hydroxyl groups is 1. The van der Waals surface area contributed by atoms with Gasteiger partial charge in [0.15, 0.2) is 0 Å². The molecular formula is C9H9BrF3NO2. The van der Waals surface area contributed by atoms with Crippen molar-refractivity contribution in [3.05, 3.63) is 32.7 Å². The molecule has 0 aromatic carbocycles. The predicted molar refractivity (Wildman–Crippen MR) is 55.1 cm³/mol. The van der Waals surface area contributed by atoms with Gasteiger partial charge in [-0.2, -0.15) is 13.2 Å². The van der Waals surface area contributed by atoms with Crippen LogP contribution in [0.4, 0.5) is 13.2 Å². The Labute approximate surface area is 97.6 Å². The van der Waals surface area contributed by atoms with Crippen LogP contribution in [0.15, 0.2) is 21.5 Å². The zero-order valence-corrected chi connectivity index (χ0v) is 9.68. The average Bonchev–Trinajstić information content (AvgIpc) is 2.17. The first kappa shape index (κ1) is 13.2. The summed E-state index contributed by atoms with van der Waals surface area (Å²) in [5.74, 6) is 0. The first-order chi connectivity index (χ1) is 7.36. The SMILES string of the molecule is O=c1cc(C(F)(F)F)c(Br)cn1CCCO. The van der Waals surface area contributed by atoms with Gasteiger partial charge < -0.3 is 9.67 Å². The van der Waals surface area contributed by atoms with Crippen molar-refractivity contribution in [3.8, 4) is 0 Å². The van der Waals surface area contributed by atoms with Crippen LogP contribution in [0.1, 0.15) is 12.0 Å². The molecule has 0 fully saturated rings. The second-order valence-corrected chi connectivity index (χ2v) is 4.00. The molecule has 3 nitrogen and oxygen atoms in total. The second kappa shape index (κ2) is 5.01. The van der Waals surface area contributed by atoms with Gasteiger partial charge in [-0.25, -0.2) is 0 Å². The van der Waals surface area contributed by atoms with Crippen LogP contribution in [0.5, 0.6) is 0 Å². The first-order valence-electron chi connectivity index (χ1n) is 4.44. The van der Waals surface area contributed by atoms with E-state index in [9.17, 15) is 18.0 Å². The van der Waals surface area contributed by atoms with Crippen molar-refractivity contribution < 1.29 is 18.3 Å². The third-order valence-corrected chi connectivity index (χ3v) is 2.57. The largest absolute Gasteiger partial charge is 0.417 e. The van der Waals surface area contributed by atoms with Gasteiger partial charge >= 0.3 is 6.18 Å². The Morgan fingerprint density at radius 2 is 2.06 bits per heavy atom. The van der Waals surface area contributed by atoms with Crippen LogP contribution in [-0.4, -0.2) is 16.3 Å². The molecule has 0 bridgehead atoms. The molecule has 0 radical (unpaired) electrons. The molecule has 0 unspecified atom stereocenters. The van der Waals surface area contributed by atoms with Crippen LogP contribution in [0, 0.1) is 0 Å². The minimum absolute atomic E-state index is 0.120. The van der Waals surface area contributed by atoms with Gasteiger partial charge in [-0.3, -0.25) is 4.79 Å². The summed E-state index contributed by atoms with van der Waals surface area (Å²) in [5, 5.41) is 8.56. The molecule has 1 rings (SSSR count). The van der Waals surface area contributed by atoms with Crippen LogP contribution in [0.25, 0.3) is 0 Å². The Balaban J connectivity index is 3.13. The van der Waals surface area contributed by atoms with E-state index < -0.39 is 17.3 Å². The van der Waals surface area contributed by atoms with Gasteiger partial charge in [0.2, 0.25) is 0 Å². The highest BCUT2D eigenvalue weighted by Crippen LogP contribution is 2.33. The van der Waals surface area contributed by atoms with Crippen molar-refractivity contribution in [2.24, 2.45) is 0 Å². The Hall–Kier alpha value is -0.820. The molecular weight excluding hydrogens is 291 g/mol. The highest BCUT2D eigenvalue weighted by molar-refractivity contribution is 9.10. The lowest BCUT2D eigenvalue weighted by Crippen LogP contribution is -2.22. The fraction of sp³-hybridized carbons (Fsp3) is 0.444. The molecule has 0 spiro atoms. The van der Waals surface area contributed by atoms with E-state index in [1.54, 1.807) is 0 Å². The molecule has 7 heteroatoms. The van der Waals surface area contributed by atoms with Gasteiger partial charge in [0, 0.05) is 29.9 Å². The Morgan fingerprint density at radius 1 is 1.44 bits per heavy atom. The van der Waals surface area contributed by atoms with Crippen molar-refractivity contribution >= 4 is 15.9 Å². The molecule has 1 aromatic rings. The number of hydrogen-bond donors (Lipinski definition) is 1. The minimum Gasteiger partial charge on any atom is -0.396 e. The normalized spacial score (nSPS) is 11.8. The number of rotatable bonds is 3. The Kier molecular flexibility index (Phi) is 4.15. The van der Waals surface area contributed by atoms with Crippen molar-refractivity contribution in [1.29, 1.82) is 0 Å². The Morgan fingerprint density at radius 3 is 2.56 bits per heavy atom. The van der Waals surface area contributed by atoms with Crippen LogP contribution in [0.3, 0.4) is 0 Å². The zero-order valence-electron chi connectivity index (χ0n) is 8.09. The quantitative estimate of drug-likeness (QED) is 0.928. The fourth-order valence-electron chi connectivity index (χ4n) is 1.18. The first-order valence-corrected chi connectivity index (χ1v) is 5.23. The highest BCUT2D eigenvalue weighted by atomic mass is 79.9. The third kappa shape index (κ3) is 3.08. The highest BCUT2D eigenvalue weighted by Gasteiger charge is 2.33. The summed E-state index contributed by atoms with van der Waals surface area (Å²) in [6, 6.07) is 0.543. The standard InChI is InChI=1S/C9H9BrF3NO2/c10-7-5-14(2-1-3-15)8(16)4-6(7)9(11,12)13/h4-5,15H,1-3H2. The summed E-state index contributed by atoms with van der Waals surface area (Å²) in [4.78, 5) is 11.3. The lowest BCUT2D eigenvalue weighted by Gasteiger charge is -2.11. The van der Waals surface area contributed by atoms with E-state index in [0.717, 1.165) is 10.8 Å². The van der Waals surface area contributed by atoms with E-state index in [-0.39, 0.29) is 17.6 Å². The van der Waals surface area contributed by atoms with Crippen molar-refractivity contribution in [3.63, 3.8) is 0 Å². The summed E-state index contributed by atoms with van der Waals surface area (Å²) in [7, 11) is 0. The predicted octanol–water partition coefficient (Wildman–Crippen LogP) is 2.01.